The third-order valence-corrected chi connectivity index (χ3v) is 6.14. The molecule has 0 saturated heterocycles. The Morgan fingerprint density at radius 3 is 2.43 bits per heavy atom. The van der Waals surface area contributed by atoms with Gasteiger partial charge in [0.2, 0.25) is 5.91 Å². The van der Waals surface area contributed by atoms with Crippen LogP contribution in [0.5, 0.6) is 0 Å². The molecule has 0 heterocycles. The maximum Gasteiger partial charge on any atom is 0.223 e. The third-order valence-electron chi connectivity index (χ3n) is 3.07. The topological polar surface area (TPSA) is 72.1 Å². The Balaban J connectivity index is 3.44. The monoisotopic (exact) mass is 435 g/mol. The van der Waals surface area contributed by atoms with Crippen molar-refractivity contribution in [1.82, 2.24) is 15.8 Å². The fraction of sp³-hybridized carbons (Fsp3) is 0.842. The molecule has 0 rings (SSSR count). The summed E-state index contributed by atoms with van der Waals surface area (Å²) in [5.74, 6) is 6.73. The number of rotatable bonds is 17. The van der Waals surface area contributed by atoms with Gasteiger partial charge in [0.05, 0.1) is 39.6 Å². The number of hydrogen-bond acceptors (Lipinski definition) is 8. The first-order chi connectivity index (χ1) is 13.4. The van der Waals surface area contributed by atoms with E-state index in [1.54, 1.807) is 21.6 Å². The van der Waals surface area contributed by atoms with Crippen molar-refractivity contribution >= 4 is 27.5 Å². The summed E-state index contributed by atoms with van der Waals surface area (Å²) < 4.78 is 16.7. The highest BCUT2D eigenvalue weighted by molar-refractivity contribution is 8.77. The molecule has 0 spiro atoms. The minimum Gasteiger partial charge on any atom is -0.379 e. The van der Waals surface area contributed by atoms with Gasteiger partial charge in [0.1, 0.15) is 4.93 Å². The lowest BCUT2D eigenvalue weighted by atomic mass is 10.4. The van der Waals surface area contributed by atoms with Crippen molar-refractivity contribution in [2.24, 2.45) is 0 Å². The first kappa shape index (κ1) is 27.5. The van der Waals surface area contributed by atoms with E-state index in [1.165, 1.54) is 0 Å². The number of carbonyl (C=O) groups is 1. The minimum absolute atomic E-state index is 0.0465. The van der Waals surface area contributed by atoms with Gasteiger partial charge in [-0.1, -0.05) is 34.4 Å². The van der Waals surface area contributed by atoms with Crippen LogP contribution in [0.25, 0.3) is 0 Å². The number of nitrogens with one attached hydrogen (secondary N) is 2. The Morgan fingerprint density at radius 2 is 1.75 bits per heavy atom. The molecule has 164 valence electrons. The van der Waals surface area contributed by atoms with Crippen LogP contribution in [0, 0.1) is 11.8 Å². The Bertz CT molecular complexity index is 454. The fourth-order valence-corrected chi connectivity index (χ4v) is 3.94. The van der Waals surface area contributed by atoms with Gasteiger partial charge in [-0.2, -0.15) is 0 Å². The standard InChI is InChI=1S/C19H37N3O4S2/c1-6-7-8-10-20-18(23)9-12-24-13-14-25-15-16-26-19(2,3)28-27-17-11-21-22(4)5/h21H,6,9-17H2,1-5H3,(H,20,23). The maximum atomic E-state index is 11.5. The summed E-state index contributed by atoms with van der Waals surface area (Å²) in [4.78, 5) is 11.2. The number of carbonyl (C=O) groups excluding carboxylic acids is 1. The molecular weight excluding hydrogens is 398 g/mol. The highest BCUT2D eigenvalue weighted by Crippen LogP contribution is 2.36. The van der Waals surface area contributed by atoms with E-state index >= 15 is 0 Å². The van der Waals surface area contributed by atoms with Gasteiger partial charge < -0.3 is 19.5 Å². The van der Waals surface area contributed by atoms with Gasteiger partial charge in [-0.3, -0.25) is 15.2 Å². The molecule has 0 aromatic rings. The van der Waals surface area contributed by atoms with E-state index < -0.39 is 0 Å². The van der Waals surface area contributed by atoms with Crippen LogP contribution in [0.4, 0.5) is 0 Å². The zero-order valence-electron chi connectivity index (χ0n) is 18.0. The molecule has 0 aliphatic heterocycles. The molecule has 0 unspecified atom stereocenters. The van der Waals surface area contributed by atoms with E-state index in [0.29, 0.717) is 46.0 Å². The van der Waals surface area contributed by atoms with Gasteiger partial charge >= 0.3 is 0 Å². The molecule has 0 bridgehead atoms. The first-order valence-corrected chi connectivity index (χ1v) is 11.9. The van der Waals surface area contributed by atoms with E-state index in [4.69, 9.17) is 14.2 Å². The van der Waals surface area contributed by atoms with Gasteiger partial charge in [-0.25, -0.2) is 0 Å². The first-order valence-electron chi connectivity index (χ1n) is 9.60. The van der Waals surface area contributed by atoms with Crippen molar-refractivity contribution in [1.29, 1.82) is 0 Å². The Morgan fingerprint density at radius 1 is 1.07 bits per heavy atom. The van der Waals surface area contributed by atoms with Crippen molar-refractivity contribution in [3.05, 3.63) is 0 Å². The Kier molecular flexibility index (Phi) is 18.2. The highest BCUT2D eigenvalue weighted by Gasteiger charge is 2.19. The molecule has 2 N–H and O–H groups in total. The molecule has 0 aliphatic carbocycles. The molecule has 0 fully saturated rings. The summed E-state index contributed by atoms with van der Waals surface area (Å²) in [6.07, 6.45) is 1.14. The molecule has 28 heavy (non-hydrogen) atoms. The average Bonchev–Trinajstić information content (AvgIpc) is 2.63. The summed E-state index contributed by atoms with van der Waals surface area (Å²) in [6, 6.07) is 0. The smallest absolute Gasteiger partial charge is 0.223 e. The van der Waals surface area contributed by atoms with E-state index in [2.05, 4.69) is 36.4 Å². The van der Waals surface area contributed by atoms with Crippen molar-refractivity contribution < 1.29 is 19.0 Å². The predicted molar refractivity (Wildman–Crippen MR) is 119 cm³/mol. The van der Waals surface area contributed by atoms with Crippen LogP contribution < -0.4 is 10.7 Å². The van der Waals surface area contributed by atoms with Crippen LogP contribution in [-0.4, -0.2) is 81.8 Å². The lowest BCUT2D eigenvalue weighted by molar-refractivity contribution is -0.122. The summed E-state index contributed by atoms with van der Waals surface area (Å²) in [5, 5.41) is 4.68. The van der Waals surface area contributed by atoms with Crippen LogP contribution in [-0.2, 0) is 19.0 Å². The molecule has 7 nitrogen and oxygen atoms in total. The molecule has 0 radical (unpaired) electrons. The molecular formula is C19H37N3O4S2. The molecule has 0 aliphatic rings. The number of hydrogen-bond donors (Lipinski definition) is 2. The second-order valence-corrected chi connectivity index (χ2v) is 9.42. The van der Waals surface area contributed by atoms with Gasteiger partial charge in [0.15, 0.2) is 0 Å². The summed E-state index contributed by atoms with van der Waals surface area (Å²) in [5.41, 5.74) is 3.23. The third kappa shape index (κ3) is 20.3. The number of ether oxygens (including phenoxy) is 3. The second kappa shape index (κ2) is 18.6. The maximum absolute atomic E-state index is 11.5. The second-order valence-electron chi connectivity index (χ2n) is 6.41. The Labute approximate surface area is 178 Å². The van der Waals surface area contributed by atoms with E-state index in [9.17, 15) is 4.79 Å². The van der Waals surface area contributed by atoms with E-state index in [-0.39, 0.29) is 10.8 Å². The fourth-order valence-electron chi connectivity index (χ4n) is 1.77. The van der Waals surface area contributed by atoms with E-state index in [1.807, 2.05) is 26.0 Å². The highest BCUT2D eigenvalue weighted by atomic mass is 33.1. The predicted octanol–water partition coefficient (Wildman–Crippen LogP) is 2.14. The normalized spacial score (nSPS) is 11.4. The van der Waals surface area contributed by atoms with Crippen molar-refractivity contribution in [3.63, 3.8) is 0 Å². The zero-order valence-corrected chi connectivity index (χ0v) is 19.6. The summed E-state index contributed by atoms with van der Waals surface area (Å²) in [6.45, 7) is 9.83. The quantitative estimate of drug-likeness (QED) is 0.118. The van der Waals surface area contributed by atoms with Crippen LogP contribution in [0.15, 0.2) is 0 Å². The summed E-state index contributed by atoms with van der Waals surface area (Å²) in [7, 11) is 7.48. The van der Waals surface area contributed by atoms with Gasteiger partial charge in [-0.05, 0) is 13.8 Å². The van der Waals surface area contributed by atoms with E-state index in [0.717, 1.165) is 18.7 Å². The molecule has 0 saturated carbocycles. The van der Waals surface area contributed by atoms with Crippen molar-refractivity contribution in [3.8, 4) is 11.8 Å². The number of amides is 1. The van der Waals surface area contributed by atoms with Gasteiger partial charge in [0.25, 0.3) is 0 Å². The molecule has 0 aromatic heterocycles. The number of hydrazine groups is 1. The van der Waals surface area contributed by atoms with Gasteiger partial charge in [0, 0.05) is 39.2 Å². The molecule has 0 aromatic carbocycles. The molecule has 0 atom stereocenters. The Hall–Kier alpha value is -0.470. The van der Waals surface area contributed by atoms with Crippen LogP contribution in [0.2, 0.25) is 0 Å². The summed E-state index contributed by atoms with van der Waals surface area (Å²) >= 11 is 0. The van der Waals surface area contributed by atoms with Gasteiger partial charge in [-0.15, -0.1) is 5.92 Å². The van der Waals surface area contributed by atoms with Crippen molar-refractivity contribution in [2.75, 3.05) is 66.0 Å². The van der Waals surface area contributed by atoms with Crippen LogP contribution in [0.1, 0.15) is 33.6 Å². The lowest BCUT2D eigenvalue weighted by Crippen LogP contribution is -2.32. The van der Waals surface area contributed by atoms with Crippen molar-refractivity contribution in [2.45, 2.75) is 38.5 Å². The lowest BCUT2D eigenvalue weighted by Gasteiger charge is -2.24. The SMILES string of the molecule is CCC#CCNC(=O)CCOCCOCCOC(C)(C)SSCCNN(C)C. The zero-order chi connectivity index (χ0) is 21.1. The van der Waals surface area contributed by atoms with Crippen LogP contribution >= 0.6 is 21.6 Å². The number of nitrogens with zero attached hydrogens (tertiary/aromatic N) is 1. The molecule has 9 heteroatoms. The largest absolute Gasteiger partial charge is 0.379 e. The minimum atomic E-state index is -0.252. The molecule has 1 amide bonds. The average molecular weight is 436 g/mol. The van der Waals surface area contributed by atoms with Crippen LogP contribution in [0.3, 0.4) is 0 Å².